The summed E-state index contributed by atoms with van der Waals surface area (Å²) in [5, 5.41) is 13.5. The lowest BCUT2D eigenvalue weighted by Gasteiger charge is -2.12. The number of rotatable bonds is 5. The first-order valence-electron chi connectivity index (χ1n) is 8.08. The van der Waals surface area contributed by atoms with Crippen LogP contribution in [0.5, 0.6) is 11.5 Å². The number of nitro benzene ring substituents is 1. The normalized spacial score (nSPS) is 10.4. The molecule has 1 amide bonds. The van der Waals surface area contributed by atoms with Gasteiger partial charge in [-0.1, -0.05) is 0 Å². The fourth-order valence-electron chi connectivity index (χ4n) is 2.52. The molecule has 0 saturated carbocycles. The molecule has 0 atom stereocenters. The average molecular weight is 382 g/mol. The van der Waals surface area contributed by atoms with Gasteiger partial charge in [0.05, 0.1) is 22.7 Å². The number of carbonyl (C=O) groups excluding carboxylic acids is 1. The van der Waals surface area contributed by atoms with E-state index in [1.54, 1.807) is 49.6 Å². The monoisotopic (exact) mass is 382 g/mol. The van der Waals surface area contributed by atoms with Gasteiger partial charge in [0.25, 0.3) is 11.6 Å². The lowest BCUT2D eigenvalue weighted by Crippen LogP contribution is -2.15. The zero-order valence-corrected chi connectivity index (χ0v) is 14.7. The minimum absolute atomic E-state index is 0.319. The zero-order valence-electron chi connectivity index (χ0n) is 14.7. The Morgan fingerprint density at radius 3 is 2.71 bits per heavy atom. The summed E-state index contributed by atoms with van der Waals surface area (Å²) in [6.07, 6.45) is 3.19. The summed E-state index contributed by atoms with van der Waals surface area (Å²) in [5.74, 6) is -0.572. The van der Waals surface area contributed by atoms with E-state index in [-0.39, 0.29) is 5.56 Å². The van der Waals surface area contributed by atoms with Crippen LogP contribution in [-0.2, 0) is 0 Å². The van der Waals surface area contributed by atoms with Crippen LogP contribution in [0.4, 0.5) is 21.5 Å². The van der Waals surface area contributed by atoms with Crippen LogP contribution in [0.3, 0.4) is 0 Å². The van der Waals surface area contributed by atoms with Crippen molar-refractivity contribution in [2.24, 2.45) is 0 Å². The number of nitrogen functional groups attached to an aromatic ring is 1. The van der Waals surface area contributed by atoms with E-state index in [1.807, 2.05) is 0 Å². The molecule has 0 fully saturated rings. The molecule has 0 aliphatic rings. The highest BCUT2D eigenvalue weighted by atomic mass is 19.1. The summed E-state index contributed by atoms with van der Waals surface area (Å²) in [6.45, 7) is 1.78. The van der Waals surface area contributed by atoms with E-state index in [2.05, 4.69) is 10.3 Å². The number of benzene rings is 2. The van der Waals surface area contributed by atoms with Gasteiger partial charge in [0.15, 0.2) is 0 Å². The number of nitrogens with two attached hydrogens (primary N) is 1. The highest BCUT2D eigenvalue weighted by molar-refractivity contribution is 6.09. The number of hydrogen-bond donors (Lipinski definition) is 2. The van der Waals surface area contributed by atoms with Crippen LogP contribution in [0, 0.1) is 22.9 Å². The maximum Gasteiger partial charge on any atom is 0.295 e. The van der Waals surface area contributed by atoms with Crippen molar-refractivity contribution in [1.29, 1.82) is 0 Å². The zero-order chi connectivity index (χ0) is 20.3. The van der Waals surface area contributed by atoms with E-state index < -0.39 is 28.0 Å². The summed E-state index contributed by atoms with van der Waals surface area (Å²) in [7, 11) is 0. The molecule has 2 aromatic carbocycles. The summed E-state index contributed by atoms with van der Waals surface area (Å²) < 4.78 is 19.3. The molecule has 0 unspecified atom stereocenters. The highest BCUT2D eigenvalue weighted by Crippen LogP contribution is 2.29. The Morgan fingerprint density at radius 2 is 2.07 bits per heavy atom. The number of pyridine rings is 1. The smallest absolute Gasteiger partial charge is 0.295 e. The SMILES string of the molecule is Cc1cc(NC(=O)c2cc(F)cc([N+](=O)[O-])c2N)ccc1Oc1cccnc1. The minimum atomic E-state index is -0.928. The molecular formula is C19H15FN4O4. The molecule has 0 saturated heterocycles. The van der Waals surface area contributed by atoms with Crippen LogP contribution in [-0.4, -0.2) is 15.8 Å². The molecule has 0 bridgehead atoms. The van der Waals surface area contributed by atoms with Crippen molar-refractivity contribution in [2.45, 2.75) is 6.92 Å². The van der Waals surface area contributed by atoms with Gasteiger partial charge >= 0.3 is 0 Å². The van der Waals surface area contributed by atoms with E-state index in [9.17, 15) is 19.3 Å². The van der Waals surface area contributed by atoms with Crippen molar-refractivity contribution >= 4 is 23.0 Å². The third-order valence-corrected chi connectivity index (χ3v) is 3.86. The van der Waals surface area contributed by atoms with Gasteiger partial charge in [-0.15, -0.1) is 0 Å². The Labute approximate surface area is 158 Å². The Morgan fingerprint density at radius 1 is 1.29 bits per heavy atom. The molecule has 3 N–H and O–H groups in total. The minimum Gasteiger partial charge on any atom is -0.455 e. The molecule has 9 heteroatoms. The third kappa shape index (κ3) is 4.04. The fraction of sp³-hybridized carbons (Fsp3) is 0.0526. The summed E-state index contributed by atoms with van der Waals surface area (Å²) in [4.78, 5) is 26.5. The number of aryl methyl sites for hydroxylation is 1. The molecule has 3 aromatic rings. The Kier molecular flexibility index (Phi) is 5.16. The molecule has 0 aliphatic carbocycles. The van der Waals surface area contributed by atoms with Gasteiger partial charge in [-0.2, -0.15) is 0 Å². The second kappa shape index (κ2) is 7.70. The maximum absolute atomic E-state index is 13.6. The first-order valence-corrected chi connectivity index (χ1v) is 8.08. The predicted octanol–water partition coefficient (Wildman–Crippen LogP) is 4.06. The van der Waals surface area contributed by atoms with Crippen molar-refractivity contribution in [3.8, 4) is 11.5 Å². The second-order valence-corrected chi connectivity index (χ2v) is 5.87. The van der Waals surface area contributed by atoms with Gasteiger partial charge < -0.3 is 15.8 Å². The van der Waals surface area contributed by atoms with E-state index in [0.717, 1.165) is 11.6 Å². The molecule has 28 heavy (non-hydrogen) atoms. The van der Waals surface area contributed by atoms with E-state index in [4.69, 9.17) is 10.5 Å². The molecule has 1 aromatic heterocycles. The number of halogens is 1. The number of anilines is 2. The largest absolute Gasteiger partial charge is 0.455 e. The number of nitro groups is 1. The van der Waals surface area contributed by atoms with Gasteiger partial charge in [0.1, 0.15) is 23.0 Å². The fourth-order valence-corrected chi connectivity index (χ4v) is 2.52. The van der Waals surface area contributed by atoms with E-state index >= 15 is 0 Å². The molecule has 1 heterocycles. The predicted molar refractivity (Wildman–Crippen MR) is 101 cm³/mol. The maximum atomic E-state index is 13.6. The van der Waals surface area contributed by atoms with Crippen molar-refractivity contribution < 1.29 is 18.8 Å². The lowest BCUT2D eigenvalue weighted by atomic mass is 10.1. The Bertz CT molecular complexity index is 1060. The molecular weight excluding hydrogens is 367 g/mol. The van der Waals surface area contributed by atoms with Crippen molar-refractivity contribution in [3.63, 3.8) is 0 Å². The van der Waals surface area contributed by atoms with Crippen molar-refractivity contribution in [2.75, 3.05) is 11.1 Å². The van der Waals surface area contributed by atoms with E-state index in [0.29, 0.717) is 23.3 Å². The van der Waals surface area contributed by atoms with Crippen molar-refractivity contribution in [3.05, 3.63) is 81.9 Å². The number of aromatic nitrogens is 1. The van der Waals surface area contributed by atoms with Gasteiger partial charge in [-0.05, 0) is 48.9 Å². The van der Waals surface area contributed by atoms with Crippen LogP contribution < -0.4 is 15.8 Å². The second-order valence-electron chi connectivity index (χ2n) is 5.87. The Hall–Kier alpha value is -4.01. The summed E-state index contributed by atoms with van der Waals surface area (Å²) >= 11 is 0. The first-order chi connectivity index (χ1) is 13.3. The van der Waals surface area contributed by atoms with Gasteiger partial charge in [0, 0.05) is 11.9 Å². The van der Waals surface area contributed by atoms with Gasteiger partial charge in [0.2, 0.25) is 0 Å². The molecule has 0 radical (unpaired) electrons. The van der Waals surface area contributed by atoms with Crippen LogP contribution in [0.1, 0.15) is 15.9 Å². The molecule has 3 rings (SSSR count). The molecule has 0 spiro atoms. The quantitative estimate of drug-likeness (QED) is 0.390. The molecule has 0 aliphatic heterocycles. The van der Waals surface area contributed by atoms with E-state index in [1.165, 1.54) is 0 Å². The number of carbonyl (C=O) groups is 1. The molecule has 142 valence electrons. The number of amides is 1. The number of hydrogen-bond acceptors (Lipinski definition) is 6. The topological polar surface area (TPSA) is 120 Å². The third-order valence-electron chi connectivity index (χ3n) is 3.86. The standard InChI is InChI=1S/C19H15FN4O4/c1-11-7-13(4-5-17(11)28-14-3-2-6-22-10-14)23-19(25)15-8-12(20)9-16(18(15)21)24(26)27/h2-10H,21H2,1H3,(H,23,25). The Balaban J connectivity index is 1.82. The van der Waals surface area contributed by atoms with Crippen LogP contribution in [0.2, 0.25) is 0 Å². The molecule has 8 nitrogen and oxygen atoms in total. The van der Waals surface area contributed by atoms with Crippen molar-refractivity contribution in [1.82, 2.24) is 4.98 Å². The average Bonchev–Trinajstić information content (AvgIpc) is 2.66. The van der Waals surface area contributed by atoms with Crippen LogP contribution in [0.25, 0.3) is 0 Å². The first kappa shape index (κ1) is 18.8. The number of ether oxygens (including phenoxy) is 1. The summed E-state index contributed by atoms with van der Waals surface area (Å²) in [5.41, 5.74) is 5.38. The summed E-state index contributed by atoms with van der Waals surface area (Å²) in [6, 6.07) is 9.89. The van der Waals surface area contributed by atoms with Crippen LogP contribution >= 0.6 is 0 Å². The van der Waals surface area contributed by atoms with Crippen LogP contribution in [0.15, 0.2) is 54.9 Å². The highest BCUT2D eigenvalue weighted by Gasteiger charge is 2.22. The van der Waals surface area contributed by atoms with Gasteiger partial charge in [-0.25, -0.2) is 4.39 Å². The lowest BCUT2D eigenvalue weighted by molar-refractivity contribution is -0.384. The van der Waals surface area contributed by atoms with Gasteiger partial charge in [-0.3, -0.25) is 19.9 Å². The number of nitrogens with one attached hydrogen (secondary N) is 1. The number of nitrogens with zero attached hydrogens (tertiary/aromatic N) is 2.